The van der Waals surface area contributed by atoms with Gasteiger partial charge < -0.3 is 11.1 Å². The maximum absolute atomic E-state index is 6.11. The molecule has 1 aromatic rings. The number of rotatable bonds is 4. The number of nitrogens with two attached hydrogens (primary N) is 1. The predicted octanol–water partition coefficient (Wildman–Crippen LogP) is 4.33. The van der Waals surface area contributed by atoms with E-state index in [0.717, 1.165) is 12.1 Å². The zero-order chi connectivity index (χ0) is 14.4. The Morgan fingerprint density at radius 1 is 1.30 bits per heavy atom. The summed E-state index contributed by atoms with van der Waals surface area (Å²) < 4.78 is 0. The Hall–Kier alpha value is -0.800. The lowest BCUT2D eigenvalue weighted by Crippen LogP contribution is -2.29. The molecular formula is C16H26ClN3. The van der Waals surface area contributed by atoms with Gasteiger partial charge in [0.1, 0.15) is 5.82 Å². The number of anilines is 1. The number of hydrogen-bond acceptors (Lipinski definition) is 3. The molecule has 0 aliphatic heterocycles. The van der Waals surface area contributed by atoms with Crippen molar-refractivity contribution in [3.63, 3.8) is 0 Å². The molecule has 1 unspecified atom stereocenters. The van der Waals surface area contributed by atoms with Crippen LogP contribution in [0.3, 0.4) is 0 Å². The van der Waals surface area contributed by atoms with Crippen LogP contribution in [0.4, 0.5) is 5.82 Å². The van der Waals surface area contributed by atoms with E-state index in [1.807, 2.05) is 6.07 Å². The normalized spacial score (nSPS) is 19.3. The highest BCUT2D eigenvalue weighted by Gasteiger charge is 2.25. The lowest BCUT2D eigenvalue weighted by atomic mass is 9.83. The SMILES string of the molecule is CCNC(c1cc(Cl)cnc1N)C1CCCCCCC1. The van der Waals surface area contributed by atoms with Crippen molar-refractivity contribution in [2.45, 2.75) is 57.9 Å². The summed E-state index contributed by atoms with van der Waals surface area (Å²) in [5, 5.41) is 4.28. The molecule has 1 aromatic heterocycles. The molecule has 0 radical (unpaired) electrons. The summed E-state index contributed by atoms with van der Waals surface area (Å²) in [6, 6.07) is 2.26. The molecule has 1 atom stereocenters. The van der Waals surface area contributed by atoms with Crippen molar-refractivity contribution >= 4 is 17.4 Å². The van der Waals surface area contributed by atoms with Crippen LogP contribution >= 0.6 is 11.6 Å². The highest BCUT2D eigenvalue weighted by molar-refractivity contribution is 6.30. The molecule has 0 saturated heterocycles. The Kier molecular flexibility index (Phi) is 6.11. The van der Waals surface area contributed by atoms with Gasteiger partial charge in [0.15, 0.2) is 0 Å². The smallest absolute Gasteiger partial charge is 0.128 e. The van der Waals surface area contributed by atoms with Crippen LogP contribution in [0.15, 0.2) is 12.3 Å². The Morgan fingerprint density at radius 2 is 1.95 bits per heavy atom. The van der Waals surface area contributed by atoms with Crippen molar-refractivity contribution in [1.29, 1.82) is 0 Å². The minimum absolute atomic E-state index is 0.282. The third-order valence-corrected chi connectivity index (χ3v) is 4.50. The van der Waals surface area contributed by atoms with E-state index in [0.29, 0.717) is 16.8 Å². The zero-order valence-electron chi connectivity index (χ0n) is 12.4. The van der Waals surface area contributed by atoms with Gasteiger partial charge >= 0.3 is 0 Å². The standard InChI is InChI=1S/C16H26ClN3/c1-2-19-15(12-8-6-4-3-5-7-9-12)14-10-13(17)11-20-16(14)18/h10-12,15,19H,2-9H2,1H3,(H2,18,20). The van der Waals surface area contributed by atoms with E-state index in [9.17, 15) is 0 Å². The molecule has 0 bridgehead atoms. The van der Waals surface area contributed by atoms with E-state index >= 15 is 0 Å². The summed E-state index contributed by atoms with van der Waals surface area (Å²) in [4.78, 5) is 4.22. The highest BCUT2D eigenvalue weighted by Crippen LogP contribution is 2.35. The number of nitrogens with zero attached hydrogens (tertiary/aromatic N) is 1. The lowest BCUT2D eigenvalue weighted by molar-refractivity contribution is 0.292. The summed E-state index contributed by atoms with van der Waals surface area (Å²) in [6.45, 7) is 3.08. The maximum atomic E-state index is 6.11. The molecule has 4 heteroatoms. The van der Waals surface area contributed by atoms with E-state index in [1.54, 1.807) is 6.20 Å². The first-order valence-corrected chi connectivity index (χ1v) is 8.24. The Morgan fingerprint density at radius 3 is 2.60 bits per heavy atom. The molecule has 2 rings (SSSR count). The van der Waals surface area contributed by atoms with Crippen molar-refractivity contribution in [2.24, 2.45) is 5.92 Å². The summed E-state index contributed by atoms with van der Waals surface area (Å²) in [6.07, 6.45) is 10.9. The number of pyridine rings is 1. The molecule has 0 spiro atoms. The van der Waals surface area contributed by atoms with Crippen LogP contribution in [0, 0.1) is 5.92 Å². The van der Waals surface area contributed by atoms with E-state index in [-0.39, 0.29) is 6.04 Å². The van der Waals surface area contributed by atoms with E-state index in [1.165, 1.54) is 44.9 Å². The van der Waals surface area contributed by atoms with Gasteiger partial charge in [0, 0.05) is 17.8 Å². The molecule has 0 aromatic carbocycles. The van der Waals surface area contributed by atoms with Gasteiger partial charge in [-0.15, -0.1) is 0 Å². The topological polar surface area (TPSA) is 50.9 Å². The Bertz CT molecular complexity index is 414. The van der Waals surface area contributed by atoms with E-state index < -0.39 is 0 Å². The van der Waals surface area contributed by atoms with Crippen molar-refractivity contribution in [3.8, 4) is 0 Å². The summed E-state index contributed by atoms with van der Waals surface area (Å²) >= 11 is 6.11. The third kappa shape index (κ3) is 4.10. The summed E-state index contributed by atoms with van der Waals surface area (Å²) in [7, 11) is 0. The summed E-state index contributed by atoms with van der Waals surface area (Å²) in [5.41, 5.74) is 7.16. The monoisotopic (exact) mass is 295 g/mol. The van der Waals surface area contributed by atoms with Gasteiger partial charge in [-0.1, -0.05) is 50.6 Å². The van der Waals surface area contributed by atoms with Crippen LogP contribution in [0.2, 0.25) is 5.02 Å². The second kappa shape index (κ2) is 7.84. The molecule has 112 valence electrons. The average molecular weight is 296 g/mol. The number of aromatic nitrogens is 1. The molecule has 1 fully saturated rings. The first-order chi connectivity index (χ1) is 9.72. The van der Waals surface area contributed by atoms with Gasteiger partial charge in [0.2, 0.25) is 0 Å². The van der Waals surface area contributed by atoms with Gasteiger partial charge in [-0.3, -0.25) is 0 Å². The van der Waals surface area contributed by atoms with Gasteiger partial charge in [0.25, 0.3) is 0 Å². The quantitative estimate of drug-likeness (QED) is 0.869. The molecule has 20 heavy (non-hydrogen) atoms. The van der Waals surface area contributed by atoms with Crippen LogP contribution in [0.25, 0.3) is 0 Å². The molecule has 1 aliphatic carbocycles. The highest BCUT2D eigenvalue weighted by atomic mass is 35.5. The minimum atomic E-state index is 0.282. The van der Waals surface area contributed by atoms with E-state index in [2.05, 4.69) is 17.2 Å². The van der Waals surface area contributed by atoms with Crippen LogP contribution in [-0.2, 0) is 0 Å². The summed E-state index contributed by atoms with van der Waals surface area (Å²) in [5.74, 6) is 1.25. The number of nitrogen functional groups attached to an aromatic ring is 1. The Labute approximate surface area is 127 Å². The van der Waals surface area contributed by atoms with Crippen LogP contribution < -0.4 is 11.1 Å². The van der Waals surface area contributed by atoms with Crippen molar-refractivity contribution in [3.05, 3.63) is 22.8 Å². The fourth-order valence-corrected chi connectivity index (χ4v) is 3.45. The zero-order valence-corrected chi connectivity index (χ0v) is 13.1. The minimum Gasteiger partial charge on any atom is -0.383 e. The number of hydrogen-bond donors (Lipinski definition) is 2. The van der Waals surface area contributed by atoms with E-state index in [4.69, 9.17) is 17.3 Å². The number of halogens is 1. The fourth-order valence-electron chi connectivity index (χ4n) is 3.29. The second-order valence-corrected chi connectivity index (χ2v) is 6.20. The van der Waals surface area contributed by atoms with Crippen LogP contribution in [0.5, 0.6) is 0 Å². The fraction of sp³-hybridized carbons (Fsp3) is 0.688. The largest absolute Gasteiger partial charge is 0.383 e. The first-order valence-electron chi connectivity index (χ1n) is 7.86. The average Bonchev–Trinajstić information content (AvgIpc) is 2.40. The first kappa shape index (κ1) is 15.6. The predicted molar refractivity (Wildman–Crippen MR) is 85.9 cm³/mol. The van der Waals surface area contributed by atoms with Crippen LogP contribution in [0.1, 0.15) is 63.5 Å². The van der Waals surface area contributed by atoms with Crippen molar-refractivity contribution in [2.75, 3.05) is 12.3 Å². The second-order valence-electron chi connectivity index (χ2n) is 5.77. The van der Waals surface area contributed by atoms with Crippen molar-refractivity contribution in [1.82, 2.24) is 10.3 Å². The van der Waals surface area contributed by atoms with Gasteiger partial charge in [-0.05, 0) is 31.4 Å². The maximum Gasteiger partial charge on any atom is 0.128 e. The van der Waals surface area contributed by atoms with Gasteiger partial charge in [0.05, 0.1) is 5.02 Å². The van der Waals surface area contributed by atoms with Crippen LogP contribution in [-0.4, -0.2) is 11.5 Å². The molecule has 3 nitrogen and oxygen atoms in total. The molecule has 1 heterocycles. The molecule has 1 aliphatic rings. The molecular weight excluding hydrogens is 270 g/mol. The molecule has 0 amide bonds. The lowest BCUT2D eigenvalue weighted by Gasteiger charge is -2.30. The molecule has 3 N–H and O–H groups in total. The molecule has 1 saturated carbocycles. The van der Waals surface area contributed by atoms with Crippen molar-refractivity contribution < 1.29 is 0 Å². The Balaban J connectivity index is 2.21. The third-order valence-electron chi connectivity index (χ3n) is 4.30. The van der Waals surface area contributed by atoms with Gasteiger partial charge in [-0.25, -0.2) is 4.98 Å². The van der Waals surface area contributed by atoms with Gasteiger partial charge in [-0.2, -0.15) is 0 Å². The number of nitrogens with one attached hydrogen (secondary N) is 1.